The summed E-state index contributed by atoms with van der Waals surface area (Å²) in [5.41, 5.74) is 0.982. The van der Waals surface area contributed by atoms with Gasteiger partial charge in [-0.1, -0.05) is 25.1 Å². The van der Waals surface area contributed by atoms with E-state index in [4.69, 9.17) is 14.2 Å². The van der Waals surface area contributed by atoms with E-state index in [0.717, 1.165) is 11.3 Å². The molecule has 1 amide bonds. The van der Waals surface area contributed by atoms with Crippen molar-refractivity contribution in [2.24, 2.45) is 0 Å². The van der Waals surface area contributed by atoms with E-state index in [-0.39, 0.29) is 5.91 Å². The van der Waals surface area contributed by atoms with Gasteiger partial charge in [0.15, 0.2) is 6.10 Å². The molecule has 134 valence electrons. The number of benzene rings is 2. The Morgan fingerprint density at radius 1 is 1.04 bits per heavy atom. The summed E-state index contributed by atoms with van der Waals surface area (Å²) in [4.78, 5) is 12.4. The molecule has 1 N–H and O–H groups in total. The molecule has 0 spiro atoms. The van der Waals surface area contributed by atoms with Crippen molar-refractivity contribution < 1.29 is 19.0 Å². The standard InChI is InChI=1S/C20H25NO4/c1-4-19(25-18-11-7-9-16(13-18)23-3)20(22)21-14-15-8-6-10-17(12-15)24-5-2/h6-13,19H,4-5,14H2,1-3H3,(H,21,22). The first-order chi connectivity index (χ1) is 12.2. The number of amides is 1. The van der Waals surface area contributed by atoms with E-state index in [9.17, 15) is 4.79 Å². The fourth-order valence-corrected chi connectivity index (χ4v) is 2.38. The average molecular weight is 343 g/mol. The average Bonchev–Trinajstić information content (AvgIpc) is 2.65. The molecule has 2 aromatic carbocycles. The van der Waals surface area contributed by atoms with Gasteiger partial charge < -0.3 is 19.5 Å². The van der Waals surface area contributed by atoms with Crippen LogP contribution in [0.4, 0.5) is 0 Å². The summed E-state index contributed by atoms with van der Waals surface area (Å²) in [6.45, 7) is 4.90. The number of hydrogen-bond donors (Lipinski definition) is 1. The van der Waals surface area contributed by atoms with Gasteiger partial charge in [0.1, 0.15) is 17.2 Å². The number of rotatable bonds is 9. The first kappa shape index (κ1) is 18.6. The van der Waals surface area contributed by atoms with E-state index in [0.29, 0.717) is 31.1 Å². The normalized spacial score (nSPS) is 11.5. The van der Waals surface area contributed by atoms with Crippen molar-refractivity contribution in [3.05, 3.63) is 54.1 Å². The number of methoxy groups -OCH3 is 1. The molecule has 0 saturated heterocycles. The van der Waals surface area contributed by atoms with Crippen molar-refractivity contribution in [3.8, 4) is 17.2 Å². The predicted molar refractivity (Wildman–Crippen MR) is 97.2 cm³/mol. The van der Waals surface area contributed by atoms with Crippen LogP contribution in [-0.4, -0.2) is 25.7 Å². The third-order valence-corrected chi connectivity index (χ3v) is 3.66. The maximum Gasteiger partial charge on any atom is 0.261 e. The van der Waals surface area contributed by atoms with Gasteiger partial charge in [0.2, 0.25) is 0 Å². The molecule has 2 rings (SSSR count). The third kappa shape index (κ3) is 5.71. The molecule has 0 bridgehead atoms. The topological polar surface area (TPSA) is 56.8 Å². The molecule has 25 heavy (non-hydrogen) atoms. The highest BCUT2D eigenvalue weighted by atomic mass is 16.5. The number of nitrogens with one attached hydrogen (secondary N) is 1. The SMILES string of the molecule is CCOc1cccc(CNC(=O)C(CC)Oc2cccc(OC)c2)c1. The zero-order valence-corrected chi connectivity index (χ0v) is 15.0. The Labute approximate surface area is 148 Å². The number of hydrogen-bond acceptors (Lipinski definition) is 4. The summed E-state index contributed by atoms with van der Waals surface area (Å²) in [5, 5.41) is 2.92. The van der Waals surface area contributed by atoms with E-state index < -0.39 is 6.10 Å². The summed E-state index contributed by atoms with van der Waals surface area (Å²) in [6.07, 6.45) is 0.0179. The first-order valence-electron chi connectivity index (χ1n) is 8.46. The zero-order chi connectivity index (χ0) is 18.1. The van der Waals surface area contributed by atoms with Crippen LogP contribution in [0.1, 0.15) is 25.8 Å². The van der Waals surface area contributed by atoms with E-state index in [1.165, 1.54) is 0 Å². The van der Waals surface area contributed by atoms with Gasteiger partial charge in [-0.05, 0) is 43.2 Å². The molecule has 0 aliphatic heterocycles. The third-order valence-electron chi connectivity index (χ3n) is 3.66. The van der Waals surface area contributed by atoms with Crippen LogP contribution < -0.4 is 19.5 Å². The second-order valence-corrected chi connectivity index (χ2v) is 5.49. The minimum Gasteiger partial charge on any atom is -0.497 e. The predicted octanol–water partition coefficient (Wildman–Crippen LogP) is 3.57. The number of carbonyl (C=O) groups excluding carboxylic acids is 1. The lowest BCUT2D eigenvalue weighted by atomic mass is 10.2. The van der Waals surface area contributed by atoms with Crippen molar-refractivity contribution in [2.45, 2.75) is 32.9 Å². The Balaban J connectivity index is 1.94. The Bertz CT molecular complexity index is 687. The molecule has 0 heterocycles. The highest BCUT2D eigenvalue weighted by Crippen LogP contribution is 2.21. The Kier molecular flexibility index (Phi) is 7.14. The first-order valence-corrected chi connectivity index (χ1v) is 8.46. The van der Waals surface area contributed by atoms with Crippen LogP contribution in [0.2, 0.25) is 0 Å². The Hall–Kier alpha value is -2.69. The van der Waals surface area contributed by atoms with Crippen LogP contribution in [0.5, 0.6) is 17.2 Å². The summed E-state index contributed by atoms with van der Waals surface area (Å²) >= 11 is 0. The van der Waals surface area contributed by atoms with E-state index >= 15 is 0 Å². The molecule has 5 heteroatoms. The van der Waals surface area contributed by atoms with Crippen molar-refractivity contribution in [2.75, 3.05) is 13.7 Å². The molecule has 1 unspecified atom stereocenters. The summed E-state index contributed by atoms with van der Waals surface area (Å²) < 4.78 is 16.4. The Morgan fingerprint density at radius 2 is 1.76 bits per heavy atom. The minimum absolute atomic E-state index is 0.146. The molecule has 0 aliphatic rings. The molecular weight excluding hydrogens is 318 g/mol. The van der Waals surface area contributed by atoms with Crippen molar-refractivity contribution in [3.63, 3.8) is 0 Å². The number of carbonyl (C=O) groups is 1. The molecule has 0 aromatic heterocycles. The van der Waals surface area contributed by atoms with Gasteiger partial charge >= 0.3 is 0 Å². The molecule has 5 nitrogen and oxygen atoms in total. The smallest absolute Gasteiger partial charge is 0.261 e. The van der Waals surface area contributed by atoms with E-state index in [1.807, 2.05) is 56.3 Å². The van der Waals surface area contributed by atoms with Crippen LogP contribution in [0, 0.1) is 0 Å². The lowest BCUT2D eigenvalue weighted by Gasteiger charge is -2.18. The molecular formula is C20H25NO4. The second-order valence-electron chi connectivity index (χ2n) is 5.49. The summed E-state index contributed by atoms with van der Waals surface area (Å²) in [5.74, 6) is 1.96. The highest BCUT2D eigenvalue weighted by Gasteiger charge is 2.18. The molecule has 0 fully saturated rings. The number of ether oxygens (including phenoxy) is 3. The van der Waals surface area contributed by atoms with Crippen LogP contribution >= 0.6 is 0 Å². The fourth-order valence-electron chi connectivity index (χ4n) is 2.38. The monoisotopic (exact) mass is 343 g/mol. The maximum atomic E-state index is 12.4. The van der Waals surface area contributed by atoms with Crippen LogP contribution in [0.25, 0.3) is 0 Å². The maximum absolute atomic E-state index is 12.4. The fraction of sp³-hybridized carbons (Fsp3) is 0.350. The van der Waals surface area contributed by atoms with E-state index in [2.05, 4.69) is 5.32 Å². The highest BCUT2D eigenvalue weighted by molar-refractivity contribution is 5.81. The lowest BCUT2D eigenvalue weighted by Crippen LogP contribution is -2.37. The van der Waals surface area contributed by atoms with Crippen LogP contribution in [0.15, 0.2) is 48.5 Å². The minimum atomic E-state index is -0.554. The van der Waals surface area contributed by atoms with Gasteiger partial charge in [0.25, 0.3) is 5.91 Å². The molecule has 0 saturated carbocycles. The molecule has 1 atom stereocenters. The molecule has 2 aromatic rings. The van der Waals surface area contributed by atoms with Crippen molar-refractivity contribution in [1.29, 1.82) is 0 Å². The van der Waals surface area contributed by atoms with Gasteiger partial charge in [-0.3, -0.25) is 4.79 Å². The Morgan fingerprint density at radius 3 is 2.48 bits per heavy atom. The zero-order valence-electron chi connectivity index (χ0n) is 15.0. The molecule has 0 radical (unpaired) electrons. The van der Waals surface area contributed by atoms with Gasteiger partial charge in [-0.25, -0.2) is 0 Å². The van der Waals surface area contributed by atoms with Gasteiger partial charge in [-0.2, -0.15) is 0 Å². The van der Waals surface area contributed by atoms with Gasteiger partial charge in [-0.15, -0.1) is 0 Å². The van der Waals surface area contributed by atoms with Gasteiger partial charge in [0.05, 0.1) is 13.7 Å². The van der Waals surface area contributed by atoms with E-state index in [1.54, 1.807) is 13.2 Å². The summed E-state index contributed by atoms with van der Waals surface area (Å²) in [6, 6.07) is 14.9. The van der Waals surface area contributed by atoms with Crippen LogP contribution in [0.3, 0.4) is 0 Å². The van der Waals surface area contributed by atoms with Crippen molar-refractivity contribution >= 4 is 5.91 Å². The summed E-state index contributed by atoms with van der Waals surface area (Å²) in [7, 11) is 1.60. The quantitative estimate of drug-likeness (QED) is 0.756. The van der Waals surface area contributed by atoms with Crippen LogP contribution in [-0.2, 0) is 11.3 Å². The van der Waals surface area contributed by atoms with Crippen molar-refractivity contribution in [1.82, 2.24) is 5.32 Å². The van der Waals surface area contributed by atoms with Gasteiger partial charge in [0, 0.05) is 12.6 Å². The molecule has 0 aliphatic carbocycles. The lowest BCUT2D eigenvalue weighted by molar-refractivity contribution is -0.128. The largest absolute Gasteiger partial charge is 0.497 e. The second kappa shape index (κ2) is 9.57.